The molecule has 0 atom stereocenters. The number of carbonyl (C=O) groups excluding carboxylic acids is 1. The topological polar surface area (TPSA) is 26.3 Å². The van der Waals surface area contributed by atoms with Crippen LogP contribution < -0.4 is 0 Å². The second-order valence-corrected chi connectivity index (χ2v) is 11.6. The van der Waals surface area contributed by atoms with Crippen LogP contribution >= 0.6 is 0 Å². The predicted molar refractivity (Wildman–Crippen MR) is 161 cm³/mol. The molecule has 0 saturated carbocycles. The van der Waals surface area contributed by atoms with Crippen LogP contribution in [0.15, 0.2) is 12.2 Å². The molecule has 0 aromatic rings. The van der Waals surface area contributed by atoms with Crippen LogP contribution in [0.25, 0.3) is 0 Å². The molecule has 214 valence electrons. The van der Waals surface area contributed by atoms with E-state index in [4.69, 9.17) is 4.74 Å². The minimum absolute atomic E-state index is 0.0177. The van der Waals surface area contributed by atoms with Crippen LogP contribution in [0, 0.1) is 5.92 Å². The monoisotopic (exact) mass is 507 g/mol. The molecule has 0 rings (SSSR count). The summed E-state index contributed by atoms with van der Waals surface area (Å²) in [4.78, 5) is 11.9. The number of esters is 1. The average Bonchev–Trinajstić information content (AvgIpc) is 2.86. The van der Waals surface area contributed by atoms with Crippen LogP contribution in [-0.4, -0.2) is 12.6 Å². The van der Waals surface area contributed by atoms with Crippen LogP contribution in [0.2, 0.25) is 0 Å². The van der Waals surface area contributed by atoms with Gasteiger partial charge < -0.3 is 4.74 Å². The molecule has 0 saturated heterocycles. The van der Waals surface area contributed by atoms with Crippen LogP contribution in [0.1, 0.15) is 188 Å². The van der Waals surface area contributed by atoms with Gasteiger partial charge in [0.2, 0.25) is 0 Å². The van der Waals surface area contributed by atoms with E-state index in [0.29, 0.717) is 13.0 Å². The summed E-state index contributed by atoms with van der Waals surface area (Å²) in [5, 5.41) is 0. The van der Waals surface area contributed by atoms with Crippen LogP contribution in [0.3, 0.4) is 0 Å². The van der Waals surface area contributed by atoms with Crippen molar-refractivity contribution < 1.29 is 9.53 Å². The third-order valence-electron chi connectivity index (χ3n) is 7.33. The number of hydrogen-bond donors (Lipinski definition) is 0. The van der Waals surface area contributed by atoms with Crippen molar-refractivity contribution in [3.8, 4) is 0 Å². The molecule has 0 aromatic heterocycles. The summed E-state index contributed by atoms with van der Waals surface area (Å²) in [5.74, 6) is 0.878. The predicted octanol–water partition coefficient (Wildman–Crippen LogP) is 11.9. The number of hydrogen-bond acceptors (Lipinski definition) is 2. The van der Waals surface area contributed by atoms with Gasteiger partial charge in [0.25, 0.3) is 0 Å². The van der Waals surface area contributed by atoms with Crippen molar-refractivity contribution in [1.29, 1.82) is 0 Å². The fourth-order valence-corrected chi connectivity index (χ4v) is 4.84. The largest absolute Gasteiger partial charge is 0.466 e. The van der Waals surface area contributed by atoms with Crippen molar-refractivity contribution in [2.45, 2.75) is 188 Å². The van der Waals surface area contributed by atoms with Gasteiger partial charge in [-0.05, 0) is 44.4 Å². The molecule has 2 nitrogen and oxygen atoms in total. The Morgan fingerprint density at radius 2 is 0.972 bits per heavy atom. The Kier molecular flexibility index (Phi) is 29.8. The highest BCUT2D eigenvalue weighted by atomic mass is 16.5. The van der Waals surface area contributed by atoms with E-state index in [9.17, 15) is 4.79 Å². The van der Waals surface area contributed by atoms with Crippen molar-refractivity contribution >= 4 is 5.97 Å². The van der Waals surface area contributed by atoms with Crippen molar-refractivity contribution in [3.63, 3.8) is 0 Å². The normalized spacial score (nSPS) is 11.7. The Morgan fingerprint density at radius 1 is 0.556 bits per heavy atom. The highest BCUT2D eigenvalue weighted by Gasteiger charge is 2.02. The molecule has 0 unspecified atom stereocenters. The van der Waals surface area contributed by atoms with Gasteiger partial charge in [-0.1, -0.05) is 155 Å². The molecule has 0 fully saturated rings. The molecule has 0 aliphatic rings. The average molecular weight is 507 g/mol. The minimum Gasteiger partial charge on any atom is -0.466 e. The Morgan fingerprint density at radius 3 is 1.47 bits per heavy atom. The van der Waals surface area contributed by atoms with E-state index >= 15 is 0 Å². The maximum absolute atomic E-state index is 11.9. The second kappa shape index (κ2) is 30.4. The standard InChI is InChI=1S/C34H66O2/c1-4-5-6-7-8-9-10-11-12-13-14-17-20-23-26-29-32-36-34(35)31-28-25-22-19-16-15-18-21-24-27-30-33(2)3/h11-12,33H,4-10,13-32H2,1-3H3. The van der Waals surface area contributed by atoms with Gasteiger partial charge in [0.05, 0.1) is 6.61 Å². The first-order chi connectivity index (χ1) is 17.7. The second-order valence-electron chi connectivity index (χ2n) is 11.6. The number of rotatable bonds is 29. The highest BCUT2D eigenvalue weighted by Crippen LogP contribution is 2.14. The van der Waals surface area contributed by atoms with Gasteiger partial charge in [-0.25, -0.2) is 0 Å². The Bertz CT molecular complexity index is 454. The molecular weight excluding hydrogens is 440 g/mol. The van der Waals surface area contributed by atoms with Crippen molar-refractivity contribution in [3.05, 3.63) is 12.2 Å². The summed E-state index contributed by atoms with van der Waals surface area (Å²) in [6.45, 7) is 7.54. The molecule has 0 bridgehead atoms. The molecule has 0 amide bonds. The van der Waals surface area contributed by atoms with E-state index in [1.807, 2.05) is 0 Å². The maximum Gasteiger partial charge on any atom is 0.305 e. The fraction of sp³-hybridized carbons (Fsp3) is 0.912. The zero-order chi connectivity index (χ0) is 26.4. The first-order valence-corrected chi connectivity index (χ1v) is 16.5. The van der Waals surface area contributed by atoms with Gasteiger partial charge in [-0.2, -0.15) is 0 Å². The van der Waals surface area contributed by atoms with Crippen molar-refractivity contribution in [2.24, 2.45) is 5.92 Å². The van der Waals surface area contributed by atoms with Gasteiger partial charge in [-0.15, -0.1) is 0 Å². The van der Waals surface area contributed by atoms with Gasteiger partial charge in [0.1, 0.15) is 0 Å². The number of unbranched alkanes of at least 4 members (excludes halogenated alkanes) is 21. The van der Waals surface area contributed by atoms with E-state index < -0.39 is 0 Å². The number of ether oxygens (including phenoxy) is 1. The Labute approximate surface area is 227 Å². The van der Waals surface area contributed by atoms with Gasteiger partial charge in [-0.3, -0.25) is 4.79 Å². The van der Waals surface area contributed by atoms with E-state index in [2.05, 4.69) is 32.9 Å². The summed E-state index contributed by atoms with van der Waals surface area (Å²) in [5.41, 5.74) is 0. The molecule has 0 aliphatic carbocycles. The molecule has 2 heteroatoms. The zero-order valence-electron chi connectivity index (χ0n) is 25.1. The maximum atomic E-state index is 11.9. The molecular formula is C34H66O2. The minimum atomic E-state index is 0.0177. The van der Waals surface area contributed by atoms with Crippen LogP contribution in [-0.2, 0) is 9.53 Å². The Balaban J connectivity index is 3.20. The molecule has 0 N–H and O–H groups in total. The Hall–Kier alpha value is -0.790. The lowest BCUT2D eigenvalue weighted by Gasteiger charge is -2.06. The molecule has 0 spiro atoms. The fourth-order valence-electron chi connectivity index (χ4n) is 4.84. The van der Waals surface area contributed by atoms with Gasteiger partial charge in [0.15, 0.2) is 0 Å². The summed E-state index contributed by atoms with van der Waals surface area (Å²) < 4.78 is 5.42. The molecule has 36 heavy (non-hydrogen) atoms. The first-order valence-electron chi connectivity index (χ1n) is 16.5. The quantitative estimate of drug-likeness (QED) is 0.0572. The van der Waals surface area contributed by atoms with E-state index in [1.54, 1.807) is 0 Å². The van der Waals surface area contributed by atoms with Gasteiger partial charge >= 0.3 is 5.97 Å². The summed E-state index contributed by atoms with van der Waals surface area (Å²) >= 11 is 0. The number of carbonyl (C=O) groups is 1. The lowest BCUT2D eigenvalue weighted by Crippen LogP contribution is -2.05. The SMILES string of the molecule is CCCCCCCCC=CCCCCCCCCOC(=O)CCCCCCCCCCCCC(C)C. The molecule has 0 aromatic carbocycles. The summed E-state index contributed by atoms with van der Waals surface area (Å²) in [7, 11) is 0. The molecule has 0 radical (unpaired) electrons. The van der Waals surface area contributed by atoms with Gasteiger partial charge in [0, 0.05) is 6.42 Å². The summed E-state index contributed by atoms with van der Waals surface area (Å²) in [6.07, 6.45) is 38.3. The third kappa shape index (κ3) is 31.2. The van der Waals surface area contributed by atoms with Crippen molar-refractivity contribution in [2.75, 3.05) is 6.61 Å². The smallest absolute Gasteiger partial charge is 0.305 e. The van der Waals surface area contributed by atoms with E-state index in [-0.39, 0.29) is 5.97 Å². The first kappa shape index (κ1) is 35.2. The van der Waals surface area contributed by atoms with Crippen LogP contribution in [0.5, 0.6) is 0 Å². The lowest BCUT2D eigenvalue weighted by atomic mass is 10.0. The lowest BCUT2D eigenvalue weighted by molar-refractivity contribution is -0.143. The van der Waals surface area contributed by atoms with Crippen LogP contribution in [0.4, 0.5) is 0 Å². The summed E-state index contributed by atoms with van der Waals surface area (Å²) in [6, 6.07) is 0. The number of allylic oxidation sites excluding steroid dienone is 2. The molecule has 0 aliphatic heterocycles. The zero-order valence-corrected chi connectivity index (χ0v) is 25.1. The highest BCUT2D eigenvalue weighted by molar-refractivity contribution is 5.69. The van der Waals surface area contributed by atoms with Crippen molar-refractivity contribution in [1.82, 2.24) is 0 Å². The molecule has 0 heterocycles. The van der Waals surface area contributed by atoms with E-state index in [0.717, 1.165) is 18.8 Å². The third-order valence-corrected chi connectivity index (χ3v) is 7.33. The van der Waals surface area contributed by atoms with E-state index in [1.165, 1.54) is 148 Å².